The molecular formula is C9H17N3. The van der Waals surface area contributed by atoms with Crippen LogP contribution in [-0.2, 0) is 0 Å². The van der Waals surface area contributed by atoms with E-state index in [2.05, 4.69) is 15.4 Å². The van der Waals surface area contributed by atoms with Crippen molar-refractivity contribution in [3.63, 3.8) is 0 Å². The van der Waals surface area contributed by atoms with Crippen molar-refractivity contribution < 1.29 is 0 Å². The van der Waals surface area contributed by atoms with E-state index in [4.69, 9.17) is 0 Å². The van der Waals surface area contributed by atoms with Gasteiger partial charge in [0.25, 0.3) is 0 Å². The molecule has 1 aliphatic heterocycles. The summed E-state index contributed by atoms with van der Waals surface area (Å²) in [6.45, 7) is 2.29. The zero-order valence-electron chi connectivity index (χ0n) is 7.71. The van der Waals surface area contributed by atoms with Crippen LogP contribution in [0.2, 0.25) is 0 Å². The number of hydrogen-bond acceptors (Lipinski definition) is 2. The molecule has 1 N–H and O–H groups in total. The lowest BCUT2D eigenvalue weighted by Crippen LogP contribution is -2.40. The Morgan fingerprint density at radius 1 is 1.58 bits per heavy atom. The number of rotatable bonds is 3. The molecule has 68 valence electrons. The van der Waals surface area contributed by atoms with Crippen molar-refractivity contribution >= 4 is 5.84 Å². The van der Waals surface area contributed by atoms with Crippen LogP contribution in [-0.4, -0.2) is 31.0 Å². The van der Waals surface area contributed by atoms with Crippen molar-refractivity contribution in [2.24, 2.45) is 10.9 Å². The van der Waals surface area contributed by atoms with E-state index in [9.17, 15) is 0 Å². The van der Waals surface area contributed by atoms with Crippen molar-refractivity contribution in [2.75, 3.05) is 20.1 Å². The summed E-state index contributed by atoms with van der Waals surface area (Å²) in [7, 11) is 1.88. The fourth-order valence-corrected chi connectivity index (χ4v) is 1.62. The van der Waals surface area contributed by atoms with Crippen LogP contribution in [0.25, 0.3) is 0 Å². The first kappa shape index (κ1) is 8.05. The van der Waals surface area contributed by atoms with Crippen LogP contribution >= 0.6 is 0 Å². The first-order chi connectivity index (χ1) is 5.90. The van der Waals surface area contributed by atoms with Crippen LogP contribution in [0.4, 0.5) is 0 Å². The van der Waals surface area contributed by atoms with Gasteiger partial charge >= 0.3 is 0 Å². The van der Waals surface area contributed by atoms with E-state index in [1.54, 1.807) is 0 Å². The molecule has 2 aliphatic rings. The van der Waals surface area contributed by atoms with Crippen LogP contribution in [0, 0.1) is 5.92 Å². The Labute approximate surface area is 73.8 Å². The van der Waals surface area contributed by atoms with Gasteiger partial charge in [-0.3, -0.25) is 10.0 Å². The summed E-state index contributed by atoms with van der Waals surface area (Å²) in [6, 6.07) is 0. The highest BCUT2D eigenvalue weighted by Gasteiger charge is 2.24. The molecule has 0 amide bonds. The Morgan fingerprint density at radius 3 is 3.08 bits per heavy atom. The monoisotopic (exact) mass is 167 g/mol. The minimum atomic E-state index is 0.948. The van der Waals surface area contributed by atoms with Crippen molar-refractivity contribution in [3.05, 3.63) is 0 Å². The molecule has 12 heavy (non-hydrogen) atoms. The summed E-state index contributed by atoms with van der Waals surface area (Å²) in [5, 5.41) is 2.22. The van der Waals surface area contributed by atoms with Gasteiger partial charge in [-0.05, 0) is 25.2 Å². The number of nitrogens with zero attached hydrogens (tertiary/aromatic N) is 2. The Balaban J connectivity index is 1.77. The van der Waals surface area contributed by atoms with Crippen molar-refractivity contribution in [1.82, 2.24) is 10.4 Å². The van der Waals surface area contributed by atoms with E-state index in [1.165, 1.54) is 25.1 Å². The number of hydrazine groups is 1. The maximum absolute atomic E-state index is 4.25. The second-order valence-corrected chi connectivity index (χ2v) is 3.70. The van der Waals surface area contributed by atoms with Crippen LogP contribution in [0.1, 0.15) is 25.7 Å². The smallest absolute Gasteiger partial charge is 0.113 e. The van der Waals surface area contributed by atoms with Crippen LogP contribution in [0.5, 0.6) is 0 Å². The average Bonchev–Trinajstić information content (AvgIpc) is 2.81. The summed E-state index contributed by atoms with van der Waals surface area (Å²) in [4.78, 5) is 4.25. The van der Waals surface area contributed by atoms with E-state index in [0.29, 0.717) is 0 Å². The lowest BCUT2D eigenvalue weighted by atomic mass is 10.4. The molecule has 0 bridgehead atoms. The minimum absolute atomic E-state index is 0.948. The zero-order valence-corrected chi connectivity index (χ0v) is 7.71. The summed E-state index contributed by atoms with van der Waals surface area (Å²) in [5.41, 5.74) is 3.45. The largest absolute Gasteiger partial charge is 0.296 e. The van der Waals surface area contributed by atoms with Gasteiger partial charge in [0, 0.05) is 26.6 Å². The third-order valence-electron chi connectivity index (χ3n) is 2.62. The number of nitrogens with one attached hydrogen (secondary N) is 1. The fraction of sp³-hybridized carbons (Fsp3) is 0.889. The van der Waals surface area contributed by atoms with Crippen LogP contribution < -0.4 is 5.43 Å². The van der Waals surface area contributed by atoms with E-state index < -0.39 is 0 Å². The van der Waals surface area contributed by atoms with Crippen LogP contribution in [0.3, 0.4) is 0 Å². The first-order valence-corrected chi connectivity index (χ1v) is 4.87. The molecule has 1 saturated carbocycles. The van der Waals surface area contributed by atoms with Gasteiger partial charge in [-0.1, -0.05) is 0 Å². The molecule has 3 nitrogen and oxygen atoms in total. The van der Waals surface area contributed by atoms with Gasteiger partial charge in [0.2, 0.25) is 0 Å². The second-order valence-electron chi connectivity index (χ2n) is 3.70. The molecular weight excluding hydrogens is 150 g/mol. The van der Waals surface area contributed by atoms with E-state index in [-0.39, 0.29) is 0 Å². The van der Waals surface area contributed by atoms with Gasteiger partial charge in [-0.2, -0.15) is 0 Å². The highest BCUT2D eigenvalue weighted by Crippen LogP contribution is 2.27. The molecule has 0 aromatic heterocycles. The van der Waals surface area contributed by atoms with Crippen LogP contribution in [0.15, 0.2) is 4.99 Å². The van der Waals surface area contributed by atoms with Crippen molar-refractivity contribution in [1.29, 1.82) is 0 Å². The summed E-state index contributed by atoms with van der Waals surface area (Å²) >= 11 is 0. The van der Waals surface area contributed by atoms with Gasteiger partial charge in [0.15, 0.2) is 0 Å². The molecule has 0 unspecified atom stereocenters. The molecule has 1 heterocycles. The topological polar surface area (TPSA) is 27.6 Å². The van der Waals surface area contributed by atoms with Gasteiger partial charge in [0.1, 0.15) is 5.84 Å². The SMILES string of the molecule is CN=C1CCCN1NCC1CC1. The highest BCUT2D eigenvalue weighted by atomic mass is 15.5. The fourth-order valence-electron chi connectivity index (χ4n) is 1.62. The minimum Gasteiger partial charge on any atom is -0.296 e. The third kappa shape index (κ3) is 1.78. The molecule has 1 aliphatic carbocycles. The maximum atomic E-state index is 4.25. The van der Waals surface area contributed by atoms with E-state index in [1.807, 2.05) is 7.05 Å². The Bertz CT molecular complexity index is 184. The van der Waals surface area contributed by atoms with E-state index in [0.717, 1.165) is 25.4 Å². The number of aliphatic imine (C=N–C) groups is 1. The Kier molecular flexibility index (Phi) is 2.30. The molecule has 2 fully saturated rings. The van der Waals surface area contributed by atoms with Gasteiger partial charge in [-0.25, -0.2) is 5.43 Å². The third-order valence-corrected chi connectivity index (χ3v) is 2.62. The predicted molar refractivity (Wildman–Crippen MR) is 50.0 cm³/mol. The lowest BCUT2D eigenvalue weighted by Gasteiger charge is -2.19. The molecule has 3 heteroatoms. The molecule has 0 aromatic carbocycles. The van der Waals surface area contributed by atoms with Gasteiger partial charge < -0.3 is 0 Å². The molecule has 0 radical (unpaired) electrons. The van der Waals surface area contributed by atoms with Crippen molar-refractivity contribution in [3.8, 4) is 0 Å². The van der Waals surface area contributed by atoms with E-state index >= 15 is 0 Å². The Hall–Kier alpha value is -0.570. The van der Waals surface area contributed by atoms with Gasteiger partial charge in [-0.15, -0.1) is 0 Å². The summed E-state index contributed by atoms with van der Waals surface area (Å²) in [5.74, 6) is 2.18. The summed E-state index contributed by atoms with van der Waals surface area (Å²) < 4.78 is 0. The van der Waals surface area contributed by atoms with Crippen molar-refractivity contribution in [2.45, 2.75) is 25.7 Å². The summed E-state index contributed by atoms with van der Waals surface area (Å²) in [6.07, 6.45) is 5.23. The van der Waals surface area contributed by atoms with Gasteiger partial charge in [0.05, 0.1) is 0 Å². The molecule has 0 atom stereocenters. The molecule has 1 saturated heterocycles. The highest BCUT2D eigenvalue weighted by molar-refractivity contribution is 5.83. The normalized spacial score (nSPS) is 27.1. The molecule has 0 aromatic rings. The average molecular weight is 167 g/mol. The zero-order chi connectivity index (χ0) is 8.39. The second kappa shape index (κ2) is 3.44. The number of hydrogen-bond donors (Lipinski definition) is 1. The lowest BCUT2D eigenvalue weighted by molar-refractivity contribution is 0.324. The molecule has 0 spiro atoms. The number of amidine groups is 1. The Morgan fingerprint density at radius 2 is 2.42 bits per heavy atom. The first-order valence-electron chi connectivity index (χ1n) is 4.87. The quantitative estimate of drug-likeness (QED) is 0.679. The standard InChI is InChI=1S/C9H17N3/c1-10-9-3-2-6-12(9)11-7-8-4-5-8/h8,11H,2-7H2,1H3. The predicted octanol–water partition coefficient (Wildman–Crippen LogP) is 1.03. The maximum Gasteiger partial charge on any atom is 0.113 e. The molecule has 2 rings (SSSR count).